The van der Waals surface area contributed by atoms with Gasteiger partial charge in [-0.05, 0) is 32.6 Å². The lowest BCUT2D eigenvalue weighted by atomic mass is 9.99. The van der Waals surface area contributed by atoms with Crippen LogP contribution in [0.25, 0.3) is 0 Å². The summed E-state index contributed by atoms with van der Waals surface area (Å²) >= 11 is 0. The third-order valence-corrected chi connectivity index (χ3v) is 3.23. The van der Waals surface area contributed by atoms with Crippen LogP contribution >= 0.6 is 0 Å². The van der Waals surface area contributed by atoms with Gasteiger partial charge in [0.1, 0.15) is 0 Å². The molecule has 1 aliphatic carbocycles. The quantitative estimate of drug-likeness (QED) is 0.559. The summed E-state index contributed by atoms with van der Waals surface area (Å²) in [6, 6.07) is 0. The number of hydrogen-bond acceptors (Lipinski definition) is 4. The standard InChI is InChI=1S/C13H27NO3/c1-13(2,12-4-5-12)14-6-7-16-10-11-17-9-8-15-3/h12,14H,4-11H2,1-3H3. The molecule has 1 saturated carbocycles. The molecule has 0 saturated heterocycles. The molecule has 17 heavy (non-hydrogen) atoms. The van der Waals surface area contributed by atoms with E-state index < -0.39 is 0 Å². The van der Waals surface area contributed by atoms with Crippen LogP contribution in [-0.4, -0.2) is 52.2 Å². The first-order valence-electron chi connectivity index (χ1n) is 6.56. The Morgan fingerprint density at radius 3 is 2.18 bits per heavy atom. The number of methoxy groups -OCH3 is 1. The summed E-state index contributed by atoms with van der Waals surface area (Å²) in [6.45, 7) is 8.83. The molecule has 1 rings (SSSR count). The highest BCUT2D eigenvalue weighted by atomic mass is 16.5. The Labute approximate surface area is 105 Å². The summed E-state index contributed by atoms with van der Waals surface area (Å²) in [5.74, 6) is 0.861. The fraction of sp³-hybridized carbons (Fsp3) is 1.00. The van der Waals surface area contributed by atoms with Crippen molar-refractivity contribution in [3.63, 3.8) is 0 Å². The Morgan fingerprint density at radius 2 is 1.59 bits per heavy atom. The molecule has 0 heterocycles. The first-order chi connectivity index (χ1) is 8.17. The predicted molar refractivity (Wildman–Crippen MR) is 68.3 cm³/mol. The third kappa shape index (κ3) is 6.99. The van der Waals surface area contributed by atoms with Gasteiger partial charge in [0, 0.05) is 19.2 Å². The van der Waals surface area contributed by atoms with Crippen molar-refractivity contribution in [2.45, 2.75) is 32.2 Å². The first-order valence-corrected chi connectivity index (χ1v) is 6.56. The molecule has 0 aromatic carbocycles. The predicted octanol–water partition coefficient (Wildman–Crippen LogP) is 1.44. The first kappa shape index (κ1) is 14.9. The van der Waals surface area contributed by atoms with Crippen LogP contribution in [-0.2, 0) is 14.2 Å². The van der Waals surface area contributed by atoms with Crippen molar-refractivity contribution in [1.29, 1.82) is 0 Å². The highest BCUT2D eigenvalue weighted by molar-refractivity contribution is 4.94. The molecule has 0 spiro atoms. The second-order valence-electron chi connectivity index (χ2n) is 5.14. The van der Waals surface area contributed by atoms with Crippen LogP contribution in [0.1, 0.15) is 26.7 Å². The maximum absolute atomic E-state index is 5.48. The zero-order chi connectivity index (χ0) is 12.6. The SMILES string of the molecule is COCCOCCOCCNC(C)(C)C1CC1. The van der Waals surface area contributed by atoms with Gasteiger partial charge in [0.25, 0.3) is 0 Å². The van der Waals surface area contributed by atoms with Crippen LogP contribution in [0, 0.1) is 5.92 Å². The van der Waals surface area contributed by atoms with E-state index in [2.05, 4.69) is 19.2 Å². The molecule has 1 N–H and O–H groups in total. The average molecular weight is 245 g/mol. The third-order valence-electron chi connectivity index (χ3n) is 3.23. The molecular formula is C13H27NO3. The molecule has 0 atom stereocenters. The highest BCUT2D eigenvalue weighted by Gasteiger charge is 2.36. The normalized spacial score (nSPS) is 16.4. The van der Waals surface area contributed by atoms with Gasteiger partial charge in [0.15, 0.2) is 0 Å². The molecule has 4 nitrogen and oxygen atoms in total. The van der Waals surface area contributed by atoms with Gasteiger partial charge in [0.2, 0.25) is 0 Å². The molecule has 0 aromatic heterocycles. The fourth-order valence-electron chi connectivity index (χ4n) is 1.86. The number of nitrogens with one attached hydrogen (secondary N) is 1. The molecule has 0 amide bonds. The summed E-state index contributed by atoms with van der Waals surface area (Å²) in [5.41, 5.74) is 0.276. The van der Waals surface area contributed by atoms with Crippen LogP contribution in [0.15, 0.2) is 0 Å². The Kier molecular flexibility index (Phi) is 7.04. The van der Waals surface area contributed by atoms with Crippen LogP contribution < -0.4 is 5.32 Å². The smallest absolute Gasteiger partial charge is 0.0701 e. The summed E-state index contributed by atoms with van der Waals surface area (Å²) in [4.78, 5) is 0. The van der Waals surface area contributed by atoms with Crippen molar-refractivity contribution in [3.05, 3.63) is 0 Å². The topological polar surface area (TPSA) is 39.7 Å². The monoisotopic (exact) mass is 245 g/mol. The fourth-order valence-corrected chi connectivity index (χ4v) is 1.86. The van der Waals surface area contributed by atoms with Gasteiger partial charge in [-0.15, -0.1) is 0 Å². The van der Waals surface area contributed by atoms with E-state index in [1.807, 2.05) is 0 Å². The molecular weight excluding hydrogens is 218 g/mol. The van der Waals surface area contributed by atoms with Gasteiger partial charge >= 0.3 is 0 Å². The van der Waals surface area contributed by atoms with Crippen LogP contribution in [0.2, 0.25) is 0 Å². The van der Waals surface area contributed by atoms with E-state index in [0.717, 1.165) is 19.1 Å². The van der Waals surface area contributed by atoms with E-state index in [9.17, 15) is 0 Å². The molecule has 4 heteroatoms. The minimum Gasteiger partial charge on any atom is -0.382 e. The van der Waals surface area contributed by atoms with Crippen molar-refractivity contribution < 1.29 is 14.2 Å². The molecule has 0 radical (unpaired) electrons. The van der Waals surface area contributed by atoms with Crippen LogP contribution in [0.5, 0.6) is 0 Å². The molecule has 0 unspecified atom stereocenters. The summed E-state index contributed by atoms with van der Waals surface area (Å²) in [6.07, 6.45) is 2.74. The van der Waals surface area contributed by atoms with Gasteiger partial charge < -0.3 is 19.5 Å². The summed E-state index contributed by atoms with van der Waals surface area (Å²) in [7, 11) is 1.67. The molecule has 1 aliphatic rings. The van der Waals surface area contributed by atoms with Crippen molar-refractivity contribution in [1.82, 2.24) is 5.32 Å². The van der Waals surface area contributed by atoms with Crippen LogP contribution in [0.3, 0.4) is 0 Å². The molecule has 0 bridgehead atoms. The second kappa shape index (κ2) is 8.03. The van der Waals surface area contributed by atoms with Gasteiger partial charge in [0.05, 0.1) is 33.0 Å². The molecule has 0 aromatic rings. The number of ether oxygens (including phenoxy) is 3. The Bertz CT molecular complexity index is 193. The van der Waals surface area contributed by atoms with Crippen molar-refractivity contribution >= 4 is 0 Å². The zero-order valence-corrected chi connectivity index (χ0v) is 11.5. The van der Waals surface area contributed by atoms with Crippen molar-refractivity contribution in [2.24, 2.45) is 5.92 Å². The summed E-state index contributed by atoms with van der Waals surface area (Å²) in [5, 5.41) is 3.55. The summed E-state index contributed by atoms with van der Waals surface area (Å²) < 4.78 is 15.7. The lowest BCUT2D eigenvalue weighted by molar-refractivity contribution is 0.0245. The van der Waals surface area contributed by atoms with E-state index in [1.165, 1.54) is 12.8 Å². The lowest BCUT2D eigenvalue weighted by Gasteiger charge is -2.26. The minimum absolute atomic E-state index is 0.276. The van der Waals surface area contributed by atoms with E-state index in [0.29, 0.717) is 26.4 Å². The Morgan fingerprint density at radius 1 is 1.00 bits per heavy atom. The lowest BCUT2D eigenvalue weighted by Crippen LogP contribution is -2.43. The maximum Gasteiger partial charge on any atom is 0.0701 e. The number of rotatable bonds is 11. The van der Waals surface area contributed by atoms with Crippen LogP contribution in [0.4, 0.5) is 0 Å². The van der Waals surface area contributed by atoms with Gasteiger partial charge in [-0.1, -0.05) is 0 Å². The number of hydrogen-bond donors (Lipinski definition) is 1. The maximum atomic E-state index is 5.48. The Hall–Kier alpha value is -0.160. The molecule has 1 fully saturated rings. The highest BCUT2D eigenvalue weighted by Crippen LogP contribution is 2.38. The molecule has 0 aliphatic heterocycles. The van der Waals surface area contributed by atoms with Gasteiger partial charge in [-0.2, -0.15) is 0 Å². The van der Waals surface area contributed by atoms with E-state index in [4.69, 9.17) is 14.2 Å². The minimum atomic E-state index is 0.276. The zero-order valence-electron chi connectivity index (χ0n) is 11.5. The largest absolute Gasteiger partial charge is 0.382 e. The van der Waals surface area contributed by atoms with Gasteiger partial charge in [-0.3, -0.25) is 0 Å². The Balaban J connectivity index is 1.81. The second-order valence-corrected chi connectivity index (χ2v) is 5.14. The van der Waals surface area contributed by atoms with E-state index >= 15 is 0 Å². The van der Waals surface area contributed by atoms with E-state index in [-0.39, 0.29) is 5.54 Å². The molecule has 102 valence electrons. The van der Waals surface area contributed by atoms with Gasteiger partial charge in [-0.25, -0.2) is 0 Å². The van der Waals surface area contributed by atoms with Crippen molar-refractivity contribution in [3.8, 4) is 0 Å². The van der Waals surface area contributed by atoms with Crippen molar-refractivity contribution in [2.75, 3.05) is 46.7 Å². The van der Waals surface area contributed by atoms with E-state index in [1.54, 1.807) is 7.11 Å². The average Bonchev–Trinajstić information content (AvgIpc) is 3.11.